The van der Waals surface area contributed by atoms with Gasteiger partial charge in [0.05, 0.1) is 12.6 Å². The maximum absolute atomic E-state index is 12.1. The maximum atomic E-state index is 12.1. The number of rotatable bonds is 8. The molecule has 0 bridgehead atoms. The highest BCUT2D eigenvalue weighted by Crippen LogP contribution is 2.15. The van der Waals surface area contributed by atoms with E-state index in [0.29, 0.717) is 12.6 Å². The topological polar surface area (TPSA) is 52.6 Å². The molecule has 21 heavy (non-hydrogen) atoms. The lowest BCUT2D eigenvalue weighted by molar-refractivity contribution is -0.128. The molecule has 1 aliphatic heterocycles. The summed E-state index contributed by atoms with van der Waals surface area (Å²) in [6.45, 7) is 14.2. The van der Waals surface area contributed by atoms with Crippen molar-refractivity contribution < 1.29 is 9.59 Å². The van der Waals surface area contributed by atoms with E-state index in [2.05, 4.69) is 29.0 Å². The van der Waals surface area contributed by atoms with E-state index in [4.69, 9.17) is 0 Å². The molecule has 1 rings (SSSR count). The highest BCUT2D eigenvalue weighted by atomic mass is 16.2. The van der Waals surface area contributed by atoms with Gasteiger partial charge in [-0.25, -0.2) is 0 Å². The van der Waals surface area contributed by atoms with Crippen molar-refractivity contribution in [3.63, 3.8) is 0 Å². The van der Waals surface area contributed by atoms with Crippen LogP contribution >= 0.6 is 0 Å². The van der Waals surface area contributed by atoms with E-state index in [9.17, 15) is 9.59 Å². The standard InChI is InChI=1S/C16H31N3O2/c1-6-19(7-2)14-8-9-18(10-14)11-15(21)17-16(12(3)4)13(5)20/h12,14,16H,6-11H2,1-5H3,(H,17,21). The average molecular weight is 297 g/mol. The molecule has 1 fully saturated rings. The predicted molar refractivity (Wildman–Crippen MR) is 85.2 cm³/mol. The van der Waals surface area contributed by atoms with Crippen LogP contribution in [0.2, 0.25) is 0 Å². The summed E-state index contributed by atoms with van der Waals surface area (Å²) >= 11 is 0. The van der Waals surface area contributed by atoms with Crippen LogP contribution in [-0.4, -0.2) is 66.3 Å². The van der Waals surface area contributed by atoms with Crippen molar-refractivity contribution in [3.05, 3.63) is 0 Å². The molecule has 0 aromatic carbocycles. The number of nitrogens with one attached hydrogen (secondary N) is 1. The van der Waals surface area contributed by atoms with Crippen LogP contribution in [0.15, 0.2) is 0 Å². The first kappa shape index (κ1) is 18.1. The molecule has 0 radical (unpaired) electrons. The Morgan fingerprint density at radius 2 is 1.90 bits per heavy atom. The molecule has 1 heterocycles. The minimum Gasteiger partial charge on any atom is -0.345 e. The molecule has 1 aliphatic rings. The maximum Gasteiger partial charge on any atom is 0.234 e. The van der Waals surface area contributed by atoms with Crippen molar-refractivity contribution in [2.24, 2.45) is 5.92 Å². The van der Waals surface area contributed by atoms with Gasteiger partial charge in [-0.3, -0.25) is 19.4 Å². The Hall–Kier alpha value is -0.940. The number of hydrogen-bond donors (Lipinski definition) is 1. The van der Waals surface area contributed by atoms with Crippen LogP contribution < -0.4 is 5.32 Å². The Balaban J connectivity index is 2.44. The smallest absolute Gasteiger partial charge is 0.234 e. The number of Topliss-reactive ketones (excluding diaryl/α,β-unsaturated/α-hetero) is 1. The second-order valence-electron chi connectivity index (χ2n) is 6.30. The first-order valence-electron chi connectivity index (χ1n) is 8.15. The number of hydrogen-bond acceptors (Lipinski definition) is 4. The van der Waals surface area contributed by atoms with Crippen molar-refractivity contribution in [2.75, 3.05) is 32.7 Å². The van der Waals surface area contributed by atoms with Gasteiger partial charge < -0.3 is 5.32 Å². The molecule has 122 valence electrons. The fraction of sp³-hybridized carbons (Fsp3) is 0.875. The number of carbonyl (C=O) groups is 2. The SMILES string of the molecule is CCN(CC)C1CCN(CC(=O)NC(C(C)=O)C(C)C)C1. The van der Waals surface area contributed by atoms with Crippen molar-refractivity contribution in [3.8, 4) is 0 Å². The molecule has 1 saturated heterocycles. The van der Waals surface area contributed by atoms with Crippen LogP contribution in [0.5, 0.6) is 0 Å². The molecular formula is C16H31N3O2. The average Bonchev–Trinajstić information content (AvgIpc) is 2.85. The van der Waals surface area contributed by atoms with E-state index in [1.807, 2.05) is 13.8 Å². The largest absolute Gasteiger partial charge is 0.345 e. The van der Waals surface area contributed by atoms with E-state index in [-0.39, 0.29) is 23.7 Å². The lowest BCUT2D eigenvalue weighted by atomic mass is 10.0. The number of ketones is 1. The molecule has 0 aliphatic carbocycles. The normalized spacial score (nSPS) is 21.0. The van der Waals surface area contributed by atoms with Gasteiger partial charge in [-0.05, 0) is 32.4 Å². The number of carbonyl (C=O) groups excluding carboxylic acids is 2. The van der Waals surface area contributed by atoms with E-state index in [1.54, 1.807) is 0 Å². The molecule has 2 unspecified atom stereocenters. The fourth-order valence-corrected chi connectivity index (χ4v) is 3.15. The molecule has 0 spiro atoms. The lowest BCUT2D eigenvalue weighted by Gasteiger charge is -2.26. The predicted octanol–water partition coefficient (Wildman–Crippen LogP) is 1.13. The zero-order valence-electron chi connectivity index (χ0n) is 14.2. The van der Waals surface area contributed by atoms with Gasteiger partial charge in [0.15, 0.2) is 5.78 Å². The van der Waals surface area contributed by atoms with Crippen LogP contribution in [-0.2, 0) is 9.59 Å². The summed E-state index contributed by atoms with van der Waals surface area (Å²) in [5, 5.41) is 2.87. The molecule has 0 saturated carbocycles. The summed E-state index contributed by atoms with van der Waals surface area (Å²) in [7, 11) is 0. The quantitative estimate of drug-likeness (QED) is 0.730. The van der Waals surface area contributed by atoms with E-state index in [0.717, 1.165) is 32.6 Å². The minimum atomic E-state index is -0.362. The zero-order valence-corrected chi connectivity index (χ0v) is 14.2. The van der Waals surface area contributed by atoms with Crippen molar-refractivity contribution in [2.45, 2.75) is 53.1 Å². The third-order valence-corrected chi connectivity index (χ3v) is 4.36. The van der Waals surface area contributed by atoms with Crippen LogP contribution in [0.1, 0.15) is 41.0 Å². The third-order valence-electron chi connectivity index (χ3n) is 4.36. The monoisotopic (exact) mass is 297 g/mol. The Morgan fingerprint density at radius 1 is 1.29 bits per heavy atom. The molecule has 2 atom stereocenters. The summed E-state index contributed by atoms with van der Waals surface area (Å²) in [6, 6.07) is 0.195. The zero-order chi connectivity index (χ0) is 16.0. The van der Waals surface area contributed by atoms with Gasteiger partial charge in [0, 0.05) is 19.1 Å². The van der Waals surface area contributed by atoms with Crippen LogP contribution in [0.4, 0.5) is 0 Å². The molecule has 1 N–H and O–H groups in total. The number of likely N-dealkylation sites (N-methyl/N-ethyl adjacent to an activating group) is 1. The van der Waals surface area contributed by atoms with Crippen LogP contribution in [0, 0.1) is 5.92 Å². The highest BCUT2D eigenvalue weighted by molar-refractivity contribution is 5.88. The highest BCUT2D eigenvalue weighted by Gasteiger charge is 2.28. The third kappa shape index (κ3) is 5.40. The van der Waals surface area contributed by atoms with E-state index >= 15 is 0 Å². The second-order valence-corrected chi connectivity index (χ2v) is 6.30. The van der Waals surface area contributed by atoms with Gasteiger partial charge in [-0.2, -0.15) is 0 Å². The number of likely N-dealkylation sites (tertiary alicyclic amines) is 1. The Kier molecular flexibility index (Phi) is 7.32. The van der Waals surface area contributed by atoms with Gasteiger partial charge in [0.25, 0.3) is 0 Å². The summed E-state index contributed by atoms with van der Waals surface area (Å²) in [6.07, 6.45) is 1.12. The first-order chi connectivity index (χ1) is 9.88. The number of amides is 1. The minimum absolute atomic E-state index is 0.0285. The van der Waals surface area contributed by atoms with E-state index < -0.39 is 0 Å². The summed E-state index contributed by atoms with van der Waals surface area (Å²) in [5.41, 5.74) is 0. The van der Waals surface area contributed by atoms with Crippen molar-refractivity contribution in [1.29, 1.82) is 0 Å². The Morgan fingerprint density at radius 3 is 2.38 bits per heavy atom. The Bertz CT molecular complexity index is 353. The van der Waals surface area contributed by atoms with Crippen LogP contribution in [0.3, 0.4) is 0 Å². The van der Waals surface area contributed by atoms with Crippen LogP contribution in [0.25, 0.3) is 0 Å². The van der Waals surface area contributed by atoms with E-state index in [1.165, 1.54) is 6.92 Å². The molecule has 5 nitrogen and oxygen atoms in total. The first-order valence-corrected chi connectivity index (χ1v) is 8.15. The molecule has 1 amide bonds. The Labute approximate surface area is 129 Å². The summed E-state index contributed by atoms with van der Waals surface area (Å²) in [4.78, 5) is 28.3. The van der Waals surface area contributed by atoms with Gasteiger partial charge in [-0.1, -0.05) is 27.7 Å². The summed E-state index contributed by atoms with van der Waals surface area (Å²) < 4.78 is 0. The van der Waals surface area contributed by atoms with Gasteiger partial charge in [0.1, 0.15) is 0 Å². The number of nitrogens with zero attached hydrogens (tertiary/aromatic N) is 2. The molecule has 0 aromatic heterocycles. The second kappa shape index (κ2) is 8.49. The van der Waals surface area contributed by atoms with Gasteiger partial charge in [-0.15, -0.1) is 0 Å². The van der Waals surface area contributed by atoms with Crippen molar-refractivity contribution in [1.82, 2.24) is 15.1 Å². The summed E-state index contributed by atoms with van der Waals surface area (Å²) in [5.74, 6) is 0.123. The molecule has 5 heteroatoms. The lowest BCUT2D eigenvalue weighted by Crippen LogP contribution is -2.47. The molecule has 0 aromatic rings. The van der Waals surface area contributed by atoms with Gasteiger partial charge in [0.2, 0.25) is 5.91 Å². The fourth-order valence-electron chi connectivity index (χ4n) is 3.15. The van der Waals surface area contributed by atoms with Gasteiger partial charge >= 0.3 is 0 Å². The van der Waals surface area contributed by atoms with Crippen molar-refractivity contribution >= 4 is 11.7 Å². The molecular weight excluding hydrogens is 266 g/mol.